The highest BCUT2D eigenvalue weighted by molar-refractivity contribution is 5.31. The van der Waals surface area contributed by atoms with E-state index in [-0.39, 0.29) is 0 Å². The topological polar surface area (TPSA) is 29.9 Å². The smallest absolute Gasteiger partial charge is 0.203 e. The van der Waals surface area contributed by atoms with Crippen LogP contribution in [0.3, 0.4) is 0 Å². The Balaban J connectivity index is 1.90. The fourth-order valence-electron chi connectivity index (χ4n) is 3.18. The maximum atomic E-state index is 4.52. The van der Waals surface area contributed by atoms with E-state index >= 15 is 0 Å². The van der Waals surface area contributed by atoms with Gasteiger partial charge in [-0.1, -0.05) is 12.8 Å². The molecule has 0 aromatic carbocycles. The Morgan fingerprint density at radius 2 is 2.13 bits per heavy atom. The molecule has 2 heterocycles. The van der Waals surface area contributed by atoms with Gasteiger partial charge in [-0.2, -0.15) is 0 Å². The summed E-state index contributed by atoms with van der Waals surface area (Å²) in [6.45, 7) is 3.18. The Hall–Kier alpha value is -0.990. The zero-order chi connectivity index (χ0) is 10.3. The maximum Gasteiger partial charge on any atom is 0.203 e. The van der Waals surface area contributed by atoms with Gasteiger partial charge in [0.05, 0.1) is 5.69 Å². The molecule has 1 aliphatic heterocycles. The summed E-state index contributed by atoms with van der Waals surface area (Å²) in [7, 11) is 0. The summed E-state index contributed by atoms with van der Waals surface area (Å²) >= 11 is 0. The molecule has 0 radical (unpaired) electrons. The minimum absolute atomic E-state index is 0.713. The van der Waals surface area contributed by atoms with Gasteiger partial charge in [0.25, 0.3) is 0 Å². The average Bonchev–Trinajstić information content (AvgIpc) is 2.82. The minimum atomic E-state index is 0.713. The van der Waals surface area contributed by atoms with Crippen LogP contribution in [-0.2, 0) is 0 Å². The minimum Gasteiger partial charge on any atom is -0.356 e. The molecule has 0 saturated heterocycles. The van der Waals surface area contributed by atoms with E-state index < -0.39 is 0 Å². The van der Waals surface area contributed by atoms with Gasteiger partial charge >= 0.3 is 0 Å². The number of nitrogens with zero attached hydrogens (tertiary/aromatic N) is 2. The van der Waals surface area contributed by atoms with Crippen molar-refractivity contribution in [2.24, 2.45) is 5.92 Å². The van der Waals surface area contributed by atoms with E-state index in [1.165, 1.54) is 32.1 Å². The van der Waals surface area contributed by atoms with Crippen molar-refractivity contribution in [2.45, 2.75) is 45.1 Å². The summed E-state index contributed by atoms with van der Waals surface area (Å²) in [6, 6.07) is 0.713. The molecule has 3 rings (SSSR count). The van der Waals surface area contributed by atoms with Crippen molar-refractivity contribution in [2.75, 3.05) is 11.9 Å². The molecule has 0 spiro atoms. The first-order valence-electron chi connectivity index (χ1n) is 6.14. The zero-order valence-electron chi connectivity index (χ0n) is 9.37. The van der Waals surface area contributed by atoms with Crippen LogP contribution in [0, 0.1) is 12.8 Å². The Morgan fingerprint density at radius 1 is 1.33 bits per heavy atom. The highest BCUT2D eigenvalue weighted by Gasteiger charge is 2.29. The molecule has 1 aromatic heterocycles. The number of aromatic nitrogens is 2. The zero-order valence-corrected chi connectivity index (χ0v) is 9.37. The SMILES string of the molecule is Cc1cn2c(n1)NCCC2C1CCCC1. The van der Waals surface area contributed by atoms with Crippen molar-refractivity contribution < 1.29 is 0 Å². The van der Waals surface area contributed by atoms with Crippen molar-refractivity contribution in [3.63, 3.8) is 0 Å². The van der Waals surface area contributed by atoms with Crippen molar-refractivity contribution >= 4 is 5.95 Å². The fourth-order valence-corrected chi connectivity index (χ4v) is 3.18. The number of fused-ring (bicyclic) bond motifs is 1. The summed E-state index contributed by atoms with van der Waals surface area (Å²) in [6.07, 6.45) is 9.18. The van der Waals surface area contributed by atoms with E-state index in [0.717, 1.165) is 24.1 Å². The largest absolute Gasteiger partial charge is 0.356 e. The van der Waals surface area contributed by atoms with Crippen LogP contribution in [0.5, 0.6) is 0 Å². The lowest BCUT2D eigenvalue weighted by Crippen LogP contribution is -2.27. The van der Waals surface area contributed by atoms with Gasteiger partial charge in [-0.25, -0.2) is 4.98 Å². The van der Waals surface area contributed by atoms with Crippen LogP contribution in [0.4, 0.5) is 5.95 Å². The summed E-state index contributed by atoms with van der Waals surface area (Å²) in [5.41, 5.74) is 1.14. The molecule has 1 saturated carbocycles. The predicted molar refractivity (Wildman–Crippen MR) is 61.1 cm³/mol. The number of hydrogen-bond donors (Lipinski definition) is 1. The summed E-state index contributed by atoms with van der Waals surface area (Å²) in [5.74, 6) is 2.00. The molecule has 1 N–H and O–H groups in total. The van der Waals surface area contributed by atoms with Gasteiger partial charge in [-0.15, -0.1) is 0 Å². The quantitative estimate of drug-likeness (QED) is 0.764. The Morgan fingerprint density at radius 3 is 2.93 bits per heavy atom. The summed E-state index contributed by atoms with van der Waals surface area (Å²) in [5, 5.41) is 3.39. The van der Waals surface area contributed by atoms with E-state index in [0.29, 0.717) is 6.04 Å². The van der Waals surface area contributed by atoms with E-state index in [1.807, 2.05) is 0 Å². The highest BCUT2D eigenvalue weighted by atomic mass is 15.2. The normalized spacial score (nSPS) is 26.3. The van der Waals surface area contributed by atoms with Gasteiger partial charge < -0.3 is 9.88 Å². The second kappa shape index (κ2) is 3.54. The van der Waals surface area contributed by atoms with Gasteiger partial charge in [0.2, 0.25) is 5.95 Å². The number of nitrogens with one attached hydrogen (secondary N) is 1. The van der Waals surface area contributed by atoms with E-state index in [4.69, 9.17) is 0 Å². The summed E-state index contributed by atoms with van der Waals surface area (Å²) < 4.78 is 2.38. The second-order valence-corrected chi connectivity index (χ2v) is 4.94. The van der Waals surface area contributed by atoms with Crippen LogP contribution in [0.1, 0.15) is 43.8 Å². The molecule has 1 atom stereocenters. The first-order chi connectivity index (χ1) is 7.34. The van der Waals surface area contributed by atoms with Crippen molar-refractivity contribution in [1.82, 2.24) is 9.55 Å². The standard InChI is InChI=1S/C12H19N3/c1-9-8-15-11(10-4-2-3-5-10)6-7-13-12(15)14-9/h8,10-11H,2-7H2,1H3,(H,13,14). The van der Waals surface area contributed by atoms with Crippen LogP contribution in [0.25, 0.3) is 0 Å². The van der Waals surface area contributed by atoms with Gasteiger partial charge in [0.15, 0.2) is 0 Å². The second-order valence-electron chi connectivity index (χ2n) is 4.94. The Labute approximate surface area is 90.9 Å². The monoisotopic (exact) mass is 205 g/mol. The Bertz CT molecular complexity index is 350. The third kappa shape index (κ3) is 1.54. The molecule has 0 amide bonds. The lowest BCUT2D eigenvalue weighted by molar-refractivity contribution is 0.313. The number of hydrogen-bond acceptors (Lipinski definition) is 2. The van der Waals surface area contributed by atoms with Crippen LogP contribution >= 0.6 is 0 Å². The molecule has 1 aliphatic carbocycles. The van der Waals surface area contributed by atoms with Gasteiger partial charge in [-0.3, -0.25) is 0 Å². The first-order valence-corrected chi connectivity index (χ1v) is 6.14. The molecule has 1 unspecified atom stereocenters. The first kappa shape index (κ1) is 9.25. The highest BCUT2D eigenvalue weighted by Crippen LogP contribution is 2.39. The number of rotatable bonds is 1. The predicted octanol–water partition coefficient (Wildman–Crippen LogP) is 2.74. The third-order valence-corrected chi connectivity index (χ3v) is 3.88. The lowest BCUT2D eigenvalue weighted by Gasteiger charge is -2.30. The molecule has 2 aliphatic rings. The molecule has 1 aromatic rings. The van der Waals surface area contributed by atoms with Crippen LogP contribution in [0.2, 0.25) is 0 Å². The van der Waals surface area contributed by atoms with Crippen molar-refractivity contribution in [3.8, 4) is 0 Å². The molecule has 3 heteroatoms. The number of imidazole rings is 1. The fraction of sp³-hybridized carbons (Fsp3) is 0.750. The van der Waals surface area contributed by atoms with Gasteiger partial charge in [0, 0.05) is 18.8 Å². The van der Waals surface area contributed by atoms with Crippen LogP contribution < -0.4 is 5.32 Å². The van der Waals surface area contributed by atoms with Crippen LogP contribution in [-0.4, -0.2) is 16.1 Å². The average molecular weight is 205 g/mol. The van der Waals surface area contributed by atoms with Gasteiger partial charge in [0.1, 0.15) is 0 Å². The molecule has 3 nitrogen and oxygen atoms in total. The van der Waals surface area contributed by atoms with Crippen molar-refractivity contribution in [1.29, 1.82) is 0 Å². The molecule has 0 bridgehead atoms. The Kier molecular flexibility index (Phi) is 2.19. The maximum absolute atomic E-state index is 4.52. The third-order valence-electron chi connectivity index (χ3n) is 3.88. The van der Waals surface area contributed by atoms with Gasteiger partial charge in [-0.05, 0) is 32.1 Å². The van der Waals surface area contributed by atoms with E-state index in [1.54, 1.807) is 0 Å². The summed E-state index contributed by atoms with van der Waals surface area (Å²) in [4.78, 5) is 4.52. The molecular weight excluding hydrogens is 186 g/mol. The number of anilines is 1. The van der Waals surface area contributed by atoms with E-state index in [2.05, 4.69) is 28.0 Å². The molecule has 82 valence electrons. The van der Waals surface area contributed by atoms with E-state index in [9.17, 15) is 0 Å². The molecular formula is C12H19N3. The lowest BCUT2D eigenvalue weighted by atomic mass is 9.94. The molecule has 1 fully saturated rings. The molecule has 15 heavy (non-hydrogen) atoms. The number of aryl methyl sites for hydroxylation is 1. The van der Waals surface area contributed by atoms with Crippen molar-refractivity contribution in [3.05, 3.63) is 11.9 Å². The van der Waals surface area contributed by atoms with Crippen LogP contribution in [0.15, 0.2) is 6.20 Å².